The number of nitrogens with one attached hydrogen (secondary N) is 1. The lowest BCUT2D eigenvalue weighted by Crippen LogP contribution is -2.39. The van der Waals surface area contributed by atoms with E-state index in [-0.39, 0.29) is 6.10 Å². The number of pyridine rings is 2. The van der Waals surface area contributed by atoms with Gasteiger partial charge >= 0.3 is 0 Å². The predicted octanol–water partition coefficient (Wildman–Crippen LogP) is 3.09. The zero-order valence-corrected chi connectivity index (χ0v) is 19.0. The van der Waals surface area contributed by atoms with Crippen molar-refractivity contribution in [3.63, 3.8) is 0 Å². The van der Waals surface area contributed by atoms with E-state index in [0.29, 0.717) is 42.2 Å². The Morgan fingerprint density at radius 1 is 1.03 bits per heavy atom. The Morgan fingerprint density at radius 2 is 1.91 bits per heavy atom. The van der Waals surface area contributed by atoms with Crippen molar-refractivity contribution < 1.29 is 18.9 Å². The molecule has 9 heteroatoms. The zero-order valence-electron chi connectivity index (χ0n) is 19.0. The van der Waals surface area contributed by atoms with Crippen LogP contribution in [-0.2, 0) is 6.54 Å². The van der Waals surface area contributed by atoms with Crippen molar-refractivity contribution in [1.29, 1.82) is 0 Å². The summed E-state index contributed by atoms with van der Waals surface area (Å²) in [5.74, 6) is 2.95. The second-order valence-corrected chi connectivity index (χ2v) is 8.52. The third-order valence-electron chi connectivity index (χ3n) is 6.37. The van der Waals surface area contributed by atoms with Gasteiger partial charge in [-0.25, -0.2) is 15.0 Å². The molecule has 1 saturated heterocycles. The Labute approximate surface area is 196 Å². The normalized spacial score (nSPS) is 17.4. The van der Waals surface area contributed by atoms with Crippen molar-refractivity contribution in [3.8, 4) is 23.1 Å². The second kappa shape index (κ2) is 8.49. The number of benzene rings is 1. The lowest BCUT2D eigenvalue weighted by molar-refractivity contribution is 0.0867. The lowest BCUT2D eigenvalue weighted by Gasteiger charge is -2.28. The van der Waals surface area contributed by atoms with Gasteiger partial charge in [-0.05, 0) is 35.4 Å². The quantitative estimate of drug-likeness (QED) is 0.470. The van der Waals surface area contributed by atoms with E-state index in [4.69, 9.17) is 23.9 Å². The van der Waals surface area contributed by atoms with Crippen molar-refractivity contribution in [2.45, 2.75) is 18.6 Å². The molecule has 1 N–H and O–H groups in total. The molecule has 0 spiro atoms. The molecule has 2 aliphatic heterocycles. The van der Waals surface area contributed by atoms with Crippen LogP contribution in [0.15, 0.2) is 49.1 Å². The molecule has 174 valence electrons. The van der Waals surface area contributed by atoms with Gasteiger partial charge in [-0.1, -0.05) is 0 Å². The van der Waals surface area contributed by atoms with Crippen molar-refractivity contribution in [3.05, 3.63) is 65.7 Å². The summed E-state index contributed by atoms with van der Waals surface area (Å²) in [5, 5.41) is 3.30. The van der Waals surface area contributed by atoms with E-state index in [1.165, 1.54) is 5.56 Å². The van der Waals surface area contributed by atoms with Crippen LogP contribution in [0.4, 0.5) is 0 Å². The summed E-state index contributed by atoms with van der Waals surface area (Å²) in [6.45, 7) is 2.97. The number of hydrogen-bond donors (Lipinski definition) is 1. The van der Waals surface area contributed by atoms with E-state index in [1.807, 2.05) is 41.4 Å². The number of methoxy groups -OCH3 is 2. The van der Waals surface area contributed by atoms with E-state index in [9.17, 15) is 0 Å². The highest BCUT2D eigenvalue weighted by Crippen LogP contribution is 2.44. The maximum atomic E-state index is 6.26. The summed E-state index contributed by atoms with van der Waals surface area (Å²) in [6, 6.07) is 9.83. The number of rotatable bonds is 6. The minimum Gasteiger partial charge on any atom is -0.493 e. The molecule has 1 aromatic carbocycles. The van der Waals surface area contributed by atoms with Gasteiger partial charge < -0.3 is 28.8 Å². The lowest BCUT2D eigenvalue weighted by atomic mass is 9.95. The highest BCUT2D eigenvalue weighted by molar-refractivity contribution is 5.71. The summed E-state index contributed by atoms with van der Waals surface area (Å²) in [5.41, 5.74) is 4.92. The predicted molar refractivity (Wildman–Crippen MR) is 125 cm³/mol. The molecule has 0 bridgehead atoms. The molecule has 9 nitrogen and oxygen atoms in total. The molecule has 4 aromatic rings. The van der Waals surface area contributed by atoms with Gasteiger partial charge in [0.05, 0.1) is 27.1 Å². The Kier molecular flexibility index (Phi) is 5.18. The molecule has 0 aliphatic carbocycles. The van der Waals surface area contributed by atoms with Crippen LogP contribution in [0.2, 0.25) is 0 Å². The van der Waals surface area contributed by atoms with Gasteiger partial charge in [0.25, 0.3) is 0 Å². The van der Waals surface area contributed by atoms with Crippen LogP contribution in [0.3, 0.4) is 0 Å². The fourth-order valence-corrected chi connectivity index (χ4v) is 4.33. The van der Waals surface area contributed by atoms with Gasteiger partial charge in [0, 0.05) is 43.0 Å². The molecule has 6 rings (SSSR count). The summed E-state index contributed by atoms with van der Waals surface area (Å²) in [6.07, 6.45) is 5.25. The summed E-state index contributed by atoms with van der Waals surface area (Å²) in [4.78, 5) is 13.5. The van der Waals surface area contributed by atoms with E-state index < -0.39 is 0 Å². The molecule has 1 fully saturated rings. The maximum absolute atomic E-state index is 6.26. The summed E-state index contributed by atoms with van der Waals surface area (Å²) >= 11 is 0. The Balaban J connectivity index is 1.25. The summed E-state index contributed by atoms with van der Waals surface area (Å²) in [7, 11) is 3.22. The first kappa shape index (κ1) is 20.7. The van der Waals surface area contributed by atoms with Crippen molar-refractivity contribution in [2.24, 2.45) is 0 Å². The minimum absolute atomic E-state index is 0.285. The van der Waals surface area contributed by atoms with E-state index in [1.54, 1.807) is 20.4 Å². The third kappa shape index (κ3) is 3.67. The third-order valence-corrected chi connectivity index (χ3v) is 6.37. The molecule has 5 heterocycles. The Hall–Kier alpha value is -3.85. The molecule has 2 aliphatic rings. The van der Waals surface area contributed by atoms with Gasteiger partial charge in [-0.15, -0.1) is 0 Å². The highest BCUT2D eigenvalue weighted by atomic mass is 16.6. The topological polar surface area (TPSA) is 92.6 Å². The molecule has 0 radical (unpaired) electrons. The van der Waals surface area contributed by atoms with Gasteiger partial charge in [-0.3, -0.25) is 0 Å². The first-order chi connectivity index (χ1) is 16.7. The largest absolute Gasteiger partial charge is 0.493 e. The smallest absolute Gasteiger partial charge is 0.212 e. The Morgan fingerprint density at radius 3 is 2.65 bits per heavy atom. The molecule has 0 amide bonds. The first-order valence-corrected chi connectivity index (χ1v) is 11.2. The van der Waals surface area contributed by atoms with Crippen LogP contribution in [0.25, 0.3) is 11.2 Å². The highest BCUT2D eigenvalue weighted by Gasteiger charge is 2.27. The van der Waals surface area contributed by atoms with E-state index in [0.717, 1.165) is 35.4 Å². The molecule has 1 atom stereocenters. The minimum atomic E-state index is -0.285. The first-order valence-electron chi connectivity index (χ1n) is 11.2. The van der Waals surface area contributed by atoms with Gasteiger partial charge in [-0.2, -0.15) is 0 Å². The Bertz CT molecular complexity index is 1320. The number of ether oxygens (including phenoxy) is 4. The van der Waals surface area contributed by atoms with Gasteiger partial charge in [0.15, 0.2) is 23.3 Å². The van der Waals surface area contributed by atoms with E-state index >= 15 is 0 Å². The zero-order chi connectivity index (χ0) is 23.1. The molecule has 34 heavy (non-hydrogen) atoms. The molecule has 1 unspecified atom stereocenters. The number of imidazole rings is 1. The van der Waals surface area contributed by atoms with Crippen LogP contribution in [0, 0.1) is 0 Å². The van der Waals surface area contributed by atoms with Crippen LogP contribution in [-0.4, -0.2) is 53.4 Å². The fourth-order valence-electron chi connectivity index (χ4n) is 4.33. The van der Waals surface area contributed by atoms with Gasteiger partial charge in [0.1, 0.15) is 12.1 Å². The van der Waals surface area contributed by atoms with Crippen LogP contribution < -0.4 is 24.3 Å². The number of aromatic nitrogens is 4. The fraction of sp³-hybridized carbons (Fsp3) is 0.320. The molecule has 0 saturated carbocycles. The summed E-state index contributed by atoms with van der Waals surface area (Å²) < 4.78 is 25.2. The van der Waals surface area contributed by atoms with Crippen molar-refractivity contribution in [2.75, 3.05) is 33.9 Å². The SMILES string of the molecule is COc1ccc(C2COc3cc(Cn4cnc5cc(C6CNC6)cnc54)cc(OC)c3O2)cn1. The van der Waals surface area contributed by atoms with Crippen LogP contribution in [0.1, 0.15) is 28.7 Å². The number of hydrogen-bond acceptors (Lipinski definition) is 8. The molecule has 3 aromatic heterocycles. The standard InChI is InChI=1S/C25H25N5O4/c1-31-20-5-15(12-30-14-29-19-7-17(11-28-25(19)30)18-8-26-9-18)6-21-24(20)34-22(13-33-21)16-3-4-23(32-2)27-10-16/h3-7,10-11,14,18,22,26H,8-9,12-13H2,1-2H3. The second-order valence-electron chi connectivity index (χ2n) is 8.52. The molecular formula is C25H25N5O4. The molecular weight excluding hydrogens is 434 g/mol. The number of fused-ring (bicyclic) bond motifs is 2. The average molecular weight is 460 g/mol. The van der Waals surface area contributed by atoms with Crippen LogP contribution in [0.5, 0.6) is 23.1 Å². The van der Waals surface area contributed by atoms with Crippen molar-refractivity contribution in [1.82, 2.24) is 24.8 Å². The van der Waals surface area contributed by atoms with Crippen LogP contribution >= 0.6 is 0 Å². The number of nitrogens with zero attached hydrogens (tertiary/aromatic N) is 4. The van der Waals surface area contributed by atoms with E-state index in [2.05, 4.69) is 21.4 Å². The monoisotopic (exact) mass is 459 g/mol. The maximum Gasteiger partial charge on any atom is 0.212 e. The van der Waals surface area contributed by atoms with Gasteiger partial charge in [0.2, 0.25) is 11.6 Å². The van der Waals surface area contributed by atoms with Crippen molar-refractivity contribution >= 4 is 11.2 Å². The average Bonchev–Trinajstić information content (AvgIpc) is 3.24.